The van der Waals surface area contributed by atoms with E-state index in [0.717, 1.165) is 12.8 Å². The average Bonchev–Trinajstić information content (AvgIpc) is 2.95. The minimum atomic E-state index is -3.68. The summed E-state index contributed by atoms with van der Waals surface area (Å²) < 4.78 is 27.8. The molecule has 1 aliphatic carbocycles. The van der Waals surface area contributed by atoms with Crippen molar-refractivity contribution in [3.8, 4) is 0 Å². The highest BCUT2D eigenvalue weighted by Gasteiger charge is 2.49. The van der Waals surface area contributed by atoms with E-state index in [1.807, 2.05) is 0 Å². The number of carboxylic acids is 1. The first kappa shape index (κ1) is 13.6. The first-order chi connectivity index (χ1) is 9.39. The Kier molecular flexibility index (Phi) is 3.09. The van der Waals surface area contributed by atoms with Gasteiger partial charge in [-0.1, -0.05) is 0 Å². The number of carboxylic acid groups (broad SMARTS) is 1. The molecule has 20 heavy (non-hydrogen) atoms. The molecule has 0 aromatic carbocycles. The van der Waals surface area contributed by atoms with Gasteiger partial charge < -0.3 is 9.67 Å². The number of aryl methyl sites for hydroxylation is 1. The van der Waals surface area contributed by atoms with Crippen LogP contribution in [0.1, 0.15) is 12.8 Å². The molecule has 0 radical (unpaired) electrons. The molecule has 0 bridgehead atoms. The van der Waals surface area contributed by atoms with Crippen LogP contribution in [0.5, 0.6) is 0 Å². The zero-order valence-corrected chi connectivity index (χ0v) is 12.0. The van der Waals surface area contributed by atoms with Crippen molar-refractivity contribution in [2.24, 2.45) is 24.8 Å². The van der Waals surface area contributed by atoms with Crippen molar-refractivity contribution >= 4 is 16.0 Å². The van der Waals surface area contributed by atoms with Crippen molar-refractivity contribution in [2.75, 3.05) is 13.1 Å². The Morgan fingerprint density at radius 2 is 2.10 bits per heavy atom. The second-order valence-corrected chi connectivity index (χ2v) is 7.53. The number of hydrogen-bond acceptors (Lipinski definition) is 4. The minimum Gasteiger partial charge on any atom is -0.481 e. The van der Waals surface area contributed by atoms with E-state index in [4.69, 9.17) is 0 Å². The van der Waals surface area contributed by atoms with Gasteiger partial charge in [0.1, 0.15) is 0 Å². The number of carbonyl (C=O) groups is 1. The molecule has 2 heterocycles. The molecule has 3 rings (SSSR count). The van der Waals surface area contributed by atoms with Crippen LogP contribution in [-0.4, -0.2) is 46.4 Å². The number of sulfonamides is 1. The summed E-state index contributed by atoms with van der Waals surface area (Å²) in [5.41, 5.74) is 0. The van der Waals surface area contributed by atoms with E-state index in [1.54, 1.807) is 11.6 Å². The number of imidazole rings is 1. The van der Waals surface area contributed by atoms with Gasteiger partial charge in [-0.25, -0.2) is 13.4 Å². The molecule has 110 valence electrons. The maximum absolute atomic E-state index is 12.5. The average molecular weight is 299 g/mol. The van der Waals surface area contributed by atoms with Crippen LogP contribution in [-0.2, 0) is 21.9 Å². The Hall–Kier alpha value is -1.41. The van der Waals surface area contributed by atoms with E-state index in [1.165, 1.54) is 16.8 Å². The molecule has 1 N–H and O–H groups in total. The zero-order valence-electron chi connectivity index (χ0n) is 11.1. The lowest BCUT2D eigenvalue weighted by molar-refractivity contribution is -0.142. The van der Waals surface area contributed by atoms with Crippen molar-refractivity contribution in [2.45, 2.75) is 17.9 Å². The number of nitrogens with zero attached hydrogens (tertiary/aromatic N) is 3. The summed E-state index contributed by atoms with van der Waals surface area (Å²) in [5, 5.41) is 9.26. The first-order valence-electron chi connectivity index (χ1n) is 6.60. The second-order valence-electron chi connectivity index (χ2n) is 5.65. The molecule has 1 aromatic rings. The maximum Gasteiger partial charge on any atom is 0.308 e. The molecule has 0 unspecified atom stereocenters. The predicted octanol–water partition coefficient (Wildman–Crippen LogP) is 0.151. The topological polar surface area (TPSA) is 92.5 Å². The van der Waals surface area contributed by atoms with Crippen molar-refractivity contribution in [1.82, 2.24) is 13.9 Å². The van der Waals surface area contributed by atoms with E-state index < -0.39 is 21.9 Å². The highest BCUT2D eigenvalue weighted by atomic mass is 32.2. The van der Waals surface area contributed by atoms with Gasteiger partial charge in [-0.05, 0) is 24.7 Å². The number of rotatable bonds is 4. The molecule has 2 aliphatic rings. The molecule has 2 fully saturated rings. The highest BCUT2D eigenvalue weighted by Crippen LogP contribution is 2.45. The lowest BCUT2D eigenvalue weighted by atomic mass is 9.92. The molecule has 0 spiro atoms. The van der Waals surface area contributed by atoms with E-state index in [0.29, 0.717) is 12.5 Å². The third-order valence-corrected chi connectivity index (χ3v) is 5.88. The Bertz CT molecular complexity index is 635. The van der Waals surface area contributed by atoms with Crippen molar-refractivity contribution in [3.05, 3.63) is 12.5 Å². The predicted molar refractivity (Wildman–Crippen MR) is 69.3 cm³/mol. The number of aromatic nitrogens is 2. The van der Waals surface area contributed by atoms with E-state index >= 15 is 0 Å². The number of hydrogen-bond donors (Lipinski definition) is 1. The van der Waals surface area contributed by atoms with Gasteiger partial charge in [-0.2, -0.15) is 4.31 Å². The Balaban J connectivity index is 1.86. The van der Waals surface area contributed by atoms with Crippen LogP contribution in [0.4, 0.5) is 0 Å². The molecule has 7 nitrogen and oxygen atoms in total. The van der Waals surface area contributed by atoms with Gasteiger partial charge in [0.25, 0.3) is 10.0 Å². The van der Waals surface area contributed by atoms with Crippen LogP contribution >= 0.6 is 0 Å². The van der Waals surface area contributed by atoms with E-state index in [2.05, 4.69) is 4.98 Å². The van der Waals surface area contributed by atoms with Gasteiger partial charge in [-0.15, -0.1) is 0 Å². The third kappa shape index (κ3) is 2.22. The molecule has 0 amide bonds. The van der Waals surface area contributed by atoms with Crippen LogP contribution < -0.4 is 0 Å². The first-order valence-corrected chi connectivity index (χ1v) is 8.04. The minimum absolute atomic E-state index is 0.0133. The van der Waals surface area contributed by atoms with Crippen LogP contribution in [0.2, 0.25) is 0 Å². The van der Waals surface area contributed by atoms with Gasteiger partial charge in [-0.3, -0.25) is 4.79 Å². The maximum atomic E-state index is 12.5. The Morgan fingerprint density at radius 1 is 1.40 bits per heavy atom. The van der Waals surface area contributed by atoms with Crippen LogP contribution in [0.25, 0.3) is 0 Å². The Labute approximate surface area is 117 Å². The van der Waals surface area contributed by atoms with Crippen molar-refractivity contribution in [3.63, 3.8) is 0 Å². The van der Waals surface area contributed by atoms with Gasteiger partial charge in [0, 0.05) is 26.3 Å². The summed E-state index contributed by atoms with van der Waals surface area (Å²) in [6.07, 6.45) is 4.88. The third-order valence-electron chi connectivity index (χ3n) is 4.16. The second kappa shape index (κ2) is 4.56. The van der Waals surface area contributed by atoms with E-state index in [-0.39, 0.29) is 17.5 Å². The Morgan fingerprint density at radius 3 is 2.60 bits per heavy atom. The fraction of sp³-hybridized carbons (Fsp3) is 0.667. The zero-order chi connectivity index (χ0) is 14.5. The summed E-state index contributed by atoms with van der Waals surface area (Å²) in [6, 6.07) is 0. The molecule has 1 saturated heterocycles. The smallest absolute Gasteiger partial charge is 0.308 e. The lowest BCUT2D eigenvalue weighted by Crippen LogP contribution is -2.30. The summed E-state index contributed by atoms with van der Waals surface area (Å²) in [4.78, 5) is 15.2. The summed E-state index contributed by atoms with van der Waals surface area (Å²) in [5.74, 6) is -1.20. The molecular weight excluding hydrogens is 282 g/mol. The quantitative estimate of drug-likeness (QED) is 0.854. The van der Waals surface area contributed by atoms with Gasteiger partial charge in [0.2, 0.25) is 0 Å². The summed E-state index contributed by atoms with van der Waals surface area (Å²) >= 11 is 0. The van der Waals surface area contributed by atoms with E-state index in [9.17, 15) is 18.3 Å². The summed E-state index contributed by atoms with van der Waals surface area (Å²) in [6.45, 7) is 0.343. The van der Waals surface area contributed by atoms with Crippen LogP contribution in [0, 0.1) is 17.8 Å². The summed E-state index contributed by atoms with van der Waals surface area (Å²) in [7, 11) is -1.99. The fourth-order valence-electron chi connectivity index (χ4n) is 2.91. The van der Waals surface area contributed by atoms with Gasteiger partial charge in [0.05, 0.1) is 12.2 Å². The van der Waals surface area contributed by atoms with Gasteiger partial charge in [0.15, 0.2) is 5.03 Å². The van der Waals surface area contributed by atoms with Gasteiger partial charge >= 0.3 is 5.97 Å². The monoisotopic (exact) mass is 299 g/mol. The van der Waals surface area contributed by atoms with Crippen molar-refractivity contribution < 1.29 is 18.3 Å². The molecule has 1 aromatic heterocycles. The standard InChI is InChI=1S/C12H17N3O4S/c1-14-6-11(13-7-14)20(18,19)15-4-9(8-2-3-8)10(5-15)12(16)17/h6-10H,2-5H2,1H3,(H,16,17)/t9-,10+/m0/s1. The van der Waals surface area contributed by atoms with Crippen LogP contribution in [0.3, 0.4) is 0 Å². The lowest BCUT2D eigenvalue weighted by Gasteiger charge is -2.14. The molecular formula is C12H17N3O4S. The molecule has 1 aliphatic heterocycles. The largest absolute Gasteiger partial charge is 0.481 e. The molecule has 1 saturated carbocycles. The van der Waals surface area contributed by atoms with Crippen LogP contribution in [0.15, 0.2) is 17.6 Å². The molecule has 8 heteroatoms. The molecule has 2 atom stereocenters. The normalized spacial score (nSPS) is 27.9. The number of aliphatic carboxylic acids is 1. The van der Waals surface area contributed by atoms with Crippen molar-refractivity contribution in [1.29, 1.82) is 0 Å². The fourth-order valence-corrected chi connectivity index (χ4v) is 4.38. The SMILES string of the molecule is Cn1cnc(S(=O)(=O)N2C[C@@H](C(=O)O)[C@H](C3CC3)C2)c1. The highest BCUT2D eigenvalue weighted by molar-refractivity contribution is 7.89.